The van der Waals surface area contributed by atoms with Crippen LogP contribution < -0.4 is 9.64 Å². The van der Waals surface area contributed by atoms with Crippen molar-refractivity contribution in [1.29, 1.82) is 0 Å². The summed E-state index contributed by atoms with van der Waals surface area (Å²) in [5.41, 5.74) is 1.94. The number of benzene rings is 1. The molecule has 4 heterocycles. The second-order valence-corrected chi connectivity index (χ2v) is 14.9. The number of hydrogen-bond donors (Lipinski definition) is 0. The summed E-state index contributed by atoms with van der Waals surface area (Å²) in [7, 11) is 3.24. The van der Waals surface area contributed by atoms with E-state index in [2.05, 4.69) is 26.7 Å². The number of nitrogens with zero attached hydrogens (tertiary/aromatic N) is 6. The zero-order valence-corrected chi connectivity index (χ0v) is 30.6. The molecule has 0 spiro atoms. The molecular formula is C36H46Cl2N6O5. The molecule has 1 amide bonds. The summed E-state index contributed by atoms with van der Waals surface area (Å²) in [6, 6.07) is 9.36. The Hall–Kier alpha value is -3.67. The highest BCUT2D eigenvalue weighted by Crippen LogP contribution is 2.32. The first-order valence-corrected chi connectivity index (χ1v) is 17.5. The van der Waals surface area contributed by atoms with Gasteiger partial charge in [-0.15, -0.1) is 0 Å². The van der Waals surface area contributed by atoms with Crippen molar-refractivity contribution in [1.82, 2.24) is 24.8 Å². The molecule has 0 radical (unpaired) electrons. The van der Waals surface area contributed by atoms with Crippen LogP contribution in [-0.2, 0) is 20.8 Å². The lowest BCUT2D eigenvalue weighted by Crippen LogP contribution is -2.52. The average molecular weight is 714 g/mol. The van der Waals surface area contributed by atoms with E-state index in [4.69, 9.17) is 42.4 Å². The van der Waals surface area contributed by atoms with E-state index in [-0.39, 0.29) is 24.0 Å². The van der Waals surface area contributed by atoms with Crippen LogP contribution in [0.5, 0.6) is 11.6 Å². The molecule has 0 bridgehead atoms. The number of pyridine rings is 1. The van der Waals surface area contributed by atoms with Crippen molar-refractivity contribution >= 4 is 41.2 Å². The Morgan fingerprint density at radius 2 is 1.65 bits per heavy atom. The highest BCUT2D eigenvalue weighted by atomic mass is 35.5. The van der Waals surface area contributed by atoms with Gasteiger partial charge >= 0.3 is 12.1 Å². The molecule has 2 saturated heterocycles. The van der Waals surface area contributed by atoms with Gasteiger partial charge in [0.1, 0.15) is 5.60 Å². The number of rotatable bonds is 9. The summed E-state index contributed by atoms with van der Waals surface area (Å²) in [6.07, 6.45) is 6.09. The summed E-state index contributed by atoms with van der Waals surface area (Å²) in [5, 5.41) is 1.03. The molecule has 2 aliphatic heterocycles. The van der Waals surface area contributed by atoms with Gasteiger partial charge in [0.15, 0.2) is 5.75 Å². The predicted octanol–water partition coefficient (Wildman–Crippen LogP) is 7.49. The van der Waals surface area contributed by atoms with Crippen LogP contribution in [0.25, 0.3) is 11.3 Å². The van der Waals surface area contributed by atoms with Gasteiger partial charge in [-0.2, -0.15) is 0 Å². The Labute approximate surface area is 298 Å². The van der Waals surface area contributed by atoms with Crippen molar-refractivity contribution in [3.8, 4) is 22.9 Å². The Kier molecular flexibility index (Phi) is 11.9. The van der Waals surface area contributed by atoms with E-state index in [1.165, 1.54) is 7.11 Å². The number of hydrogen-bond acceptors (Lipinski definition) is 10. The van der Waals surface area contributed by atoms with Crippen molar-refractivity contribution < 1.29 is 23.8 Å². The number of esters is 1. The van der Waals surface area contributed by atoms with E-state index in [9.17, 15) is 9.59 Å². The minimum Gasteiger partial charge on any atom is -0.469 e. The van der Waals surface area contributed by atoms with Crippen molar-refractivity contribution in [3.05, 3.63) is 58.3 Å². The van der Waals surface area contributed by atoms with Gasteiger partial charge in [-0.1, -0.05) is 30.1 Å². The summed E-state index contributed by atoms with van der Waals surface area (Å²) in [6.45, 7) is 11.6. The fourth-order valence-corrected chi connectivity index (χ4v) is 7.01. The third-order valence-corrected chi connectivity index (χ3v) is 9.41. The Morgan fingerprint density at radius 1 is 0.980 bits per heavy atom. The SMILES string of the molecule is COC(=O)CC1CCN(Cc2cc(Oc3cnc(N4CCC(N(C)C(=O)OC(C)(C)C)C(C)C4)nc3)nc(-c3cc(Cl)cc(Cl)c3)c2)CC1. The zero-order valence-electron chi connectivity index (χ0n) is 29.1. The molecule has 0 N–H and O–H groups in total. The first-order chi connectivity index (χ1) is 23.3. The van der Waals surface area contributed by atoms with Crippen LogP contribution in [-0.4, -0.2) is 88.8 Å². The highest BCUT2D eigenvalue weighted by Gasteiger charge is 2.34. The molecule has 2 fully saturated rings. The minimum absolute atomic E-state index is 0.0573. The summed E-state index contributed by atoms with van der Waals surface area (Å²) < 4.78 is 16.7. The molecule has 13 heteroatoms. The monoisotopic (exact) mass is 712 g/mol. The third kappa shape index (κ3) is 10.2. The lowest BCUT2D eigenvalue weighted by molar-refractivity contribution is -0.142. The number of methoxy groups -OCH3 is 1. The fraction of sp³-hybridized carbons (Fsp3) is 0.528. The van der Waals surface area contributed by atoms with Gasteiger partial charge in [-0.25, -0.2) is 19.7 Å². The lowest BCUT2D eigenvalue weighted by atomic mass is 9.93. The van der Waals surface area contributed by atoms with Crippen LogP contribution in [0.4, 0.5) is 10.7 Å². The molecule has 0 saturated carbocycles. The predicted molar refractivity (Wildman–Crippen MR) is 190 cm³/mol. The molecular weight excluding hydrogens is 667 g/mol. The molecule has 2 atom stereocenters. The second-order valence-electron chi connectivity index (χ2n) is 14.0. The lowest BCUT2D eigenvalue weighted by Gasteiger charge is -2.41. The van der Waals surface area contributed by atoms with Gasteiger partial charge in [0.25, 0.3) is 0 Å². The molecule has 1 aromatic carbocycles. The average Bonchev–Trinajstić information content (AvgIpc) is 3.04. The van der Waals surface area contributed by atoms with Crippen LogP contribution >= 0.6 is 23.2 Å². The summed E-state index contributed by atoms with van der Waals surface area (Å²) in [5.74, 6) is 1.83. The third-order valence-electron chi connectivity index (χ3n) is 8.98. The Bertz CT molecular complexity index is 1590. The molecule has 5 rings (SSSR count). The highest BCUT2D eigenvalue weighted by molar-refractivity contribution is 6.35. The van der Waals surface area contributed by atoms with Crippen LogP contribution in [0.2, 0.25) is 10.0 Å². The molecule has 2 unspecified atom stereocenters. The standard InChI is InChI=1S/C36H46Cl2N6O5/c1-23-21-44(12-9-31(23)42(5)35(46)49-36(2,3)4)34-39-19-29(20-40-34)48-32-14-25(13-30(41-32)26-16-27(37)18-28(38)17-26)22-43-10-7-24(8-11-43)15-33(45)47-6/h13-14,16-20,23-24,31H,7-12,15,21-22H2,1-6H3. The molecule has 0 aliphatic carbocycles. The van der Waals surface area contributed by atoms with Crippen LogP contribution in [0, 0.1) is 11.8 Å². The number of amides is 1. The van der Waals surface area contributed by atoms with Gasteiger partial charge < -0.3 is 24.0 Å². The van der Waals surface area contributed by atoms with E-state index in [1.54, 1.807) is 30.4 Å². The van der Waals surface area contributed by atoms with Crippen molar-refractivity contribution in [2.45, 2.75) is 71.6 Å². The van der Waals surface area contributed by atoms with E-state index in [0.29, 0.717) is 65.3 Å². The fourth-order valence-electron chi connectivity index (χ4n) is 6.48. The molecule has 2 aromatic heterocycles. The van der Waals surface area contributed by atoms with Crippen LogP contribution in [0.3, 0.4) is 0 Å². The van der Waals surface area contributed by atoms with Gasteiger partial charge in [0.2, 0.25) is 11.8 Å². The first-order valence-electron chi connectivity index (χ1n) is 16.7. The van der Waals surface area contributed by atoms with E-state index < -0.39 is 5.60 Å². The first kappa shape index (κ1) is 36.6. The molecule has 264 valence electrons. The number of halogens is 2. The Morgan fingerprint density at radius 3 is 2.27 bits per heavy atom. The smallest absolute Gasteiger partial charge is 0.410 e. The largest absolute Gasteiger partial charge is 0.469 e. The van der Waals surface area contributed by atoms with Crippen molar-refractivity contribution in [3.63, 3.8) is 0 Å². The molecule has 11 nitrogen and oxygen atoms in total. The van der Waals surface area contributed by atoms with E-state index in [0.717, 1.165) is 43.5 Å². The number of anilines is 1. The number of piperidine rings is 2. The van der Waals surface area contributed by atoms with E-state index >= 15 is 0 Å². The van der Waals surface area contributed by atoms with Crippen molar-refractivity contribution in [2.24, 2.45) is 11.8 Å². The second kappa shape index (κ2) is 15.9. The zero-order chi connectivity index (χ0) is 35.3. The maximum atomic E-state index is 12.7. The quantitative estimate of drug-likeness (QED) is 0.207. The normalized spacial score (nSPS) is 19.0. The number of carbonyl (C=O) groups is 2. The molecule has 49 heavy (non-hydrogen) atoms. The summed E-state index contributed by atoms with van der Waals surface area (Å²) >= 11 is 12.7. The van der Waals surface area contributed by atoms with Gasteiger partial charge in [0, 0.05) is 60.8 Å². The topological polar surface area (TPSA) is 110 Å². The van der Waals surface area contributed by atoms with Gasteiger partial charge in [-0.3, -0.25) is 9.69 Å². The Balaban J connectivity index is 1.27. The van der Waals surface area contributed by atoms with E-state index in [1.807, 2.05) is 45.0 Å². The van der Waals surface area contributed by atoms with Crippen LogP contribution in [0.1, 0.15) is 58.9 Å². The maximum Gasteiger partial charge on any atom is 0.410 e. The minimum atomic E-state index is -0.542. The number of likely N-dealkylation sites (tertiary alicyclic amines) is 1. The summed E-state index contributed by atoms with van der Waals surface area (Å²) in [4.78, 5) is 44.7. The van der Waals surface area contributed by atoms with Crippen LogP contribution in [0.15, 0.2) is 42.7 Å². The maximum absolute atomic E-state index is 12.7. The van der Waals surface area contributed by atoms with Crippen molar-refractivity contribution in [2.75, 3.05) is 45.2 Å². The number of carbonyl (C=O) groups excluding carboxylic acids is 2. The molecule has 3 aromatic rings. The number of ether oxygens (including phenoxy) is 3. The number of aromatic nitrogens is 3. The van der Waals surface area contributed by atoms with Gasteiger partial charge in [0.05, 0.1) is 25.2 Å². The van der Waals surface area contributed by atoms with Gasteiger partial charge in [-0.05, 0) is 94.8 Å². The molecule has 2 aliphatic rings.